The van der Waals surface area contributed by atoms with Crippen molar-refractivity contribution in [1.29, 1.82) is 0 Å². The van der Waals surface area contributed by atoms with Gasteiger partial charge in [-0.1, -0.05) is 46.3 Å². The Kier molecular flexibility index (Phi) is 3.62. The molecular formula is C20H14BrNO2. The Morgan fingerprint density at radius 3 is 2.46 bits per heavy atom. The second-order valence-corrected chi connectivity index (χ2v) is 6.44. The summed E-state index contributed by atoms with van der Waals surface area (Å²) >= 11 is 3.55. The first kappa shape index (κ1) is 15.0. The number of hydrogen-bond acceptors (Lipinski definition) is 2. The third-order valence-electron chi connectivity index (χ3n) is 4.18. The number of halogens is 1. The van der Waals surface area contributed by atoms with Crippen LogP contribution in [0.3, 0.4) is 0 Å². The van der Waals surface area contributed by atoms with Gasteiger partial charge >= 0.3 is 5.97 Å². The fourth-order valence-corrected chi connectivity index (χ4v) is 3.52. The van der Waals surface area contributed by atoms with E-state index in [4.69, 9.17) is 4.74 Å². The molecule has 0 saturated heterocycles. The summed E-state index contributed by atoms with van der Waals surface area (Å²) in [5.74, 6) is -0.339. The first-order valence-electron chi connectivity index (χ1n) is 7.57. The van der Waals surface area contributed by atoms with Crippen molar-refractivity contribution in [1.82, 2.24) is 4.57 Å². The molecule has 0 spiro atoms. The van der Waals surface area contributed by atoms with E-state index in [-0.39, 0.29) is 5.97 Å². The van der Waals surface area contributed by atoms with Crippen LogP contribution in [-0.2, 0) is 4.74 Å². The number of para-hydroxylation sites is 2. The maximum atomic E-state index is 12.2. The molecule has 0 atom stereocenters. The second-order valence-electron chi connectivity index (χ2n) is 5.52. The van der Waals surface area contributed by atoms with Gasteiger partial charge in [0.2, 0.25) is 0 Å². The SMILES string of the molecule is COC(=O)c1ccccc1-n1c2ccccc2c2cc(Br)ccc21. The minimum atomic E-state index is -0.339. The monoisotopic (exact) mass is 379 g/mol. The minimum absolute atomic E-state index is 0.339. The molecule has 0 fully saturated rings. The molecular weight excluding hydrogens is 366 g/mol. The molecule has 0 radical (unpaired) electrons. The van der Waals surface area contributed by atoms with Gasteiger partial charge in [0.15, 0.2) is 0 Å². The van der Waals surface area contributed by atoms with E-state index in [1.165, 1.54) is 7.11 Å². The van der Waals surface area contributed by atoms with Crippen LogP contribution in [0.1, 0.15) is 10.4 Å². The van der Waals surface area contributed by atoms with Crippen LogP contribution in [0.25, 0.3) is 27.5 Å². The molecule has 3 nitrogen and oxygen atoms in total. The molecule has 0 unspecified atom stereocenters. The Hall–Kier alpha value is -2.59. The van der Waals surface area contributed by atoms with Crippen LogP contribution in [0.5, 0.6) is 0 Å². The van der Waals surface area contributed by atoms with E-state index in [2.05, 4.69) is 44.8 Å². The lowest BCUT2D eigenvalue weighted by Gasteiger charge is -2.12. The van der Waals surface area contributed by atoms with Gasteiger partial charge in [0.1, 0.15) is 0 Å². The van der Waals surface area contributed by atoms with Crippen molar-refractivity contribution in [3.63, 3.8) is 0 Å². The lowest BCUT2D eigenvalue weighted by Crippen LogP contribution is -2.07. The number of fused-ring (bicyclic) bond motifs is 3. The van der Waals surface area contributed by atoms with E-state index in [0.717, 1.165) is 32.0 Å². The molecule has 4 heteroatoms. The van der Waals surface area contributed by atoms with Gasteiger partial charge < -0.3 is 9.30 Å². The summed E-state index contributed by atoms with van der Waals surface area (Å²) in [4.78, 5) is 12.2. The van der Waals surface area contributed by atoms with Crippen molar-refractivity contribution in [2.75, 3.05) is 7.11 Å². The number of esters is 1. The molecule has 0 N–H and O–H groups in total. The third kappa shape index (κ3) is 2.22. The van der Waals surface area contributed by atoms with Crippen molar-refractivity contribution in [2.24, 2.45) is 0 Å². The number of nitrogens with zero attached hydrogens (tertiary/aromatic N) is 1. The molecule has 0 saturated carbocycles. The van der Waals surface area contributed by atoms with Gasteiger partial charge in [-0.05, 0) is 36.4 Å². The van der Waals surface area contributed by atoms with Gasteiger partial charge in [-0.15, -0.1) is 0 Å². The number of benzene rings is 3. The standard InChI is InChI=1S/C20H14BrNO2/c1-24-20(23)15-7-3-5-9-18(15)22-17-8-4-2-6-14(17)16-12-13(21)10-11-19(16)22/h2-12H,1H3. The van der Waals surface area contributed by atoms with Crippen molar-refractivity contribution < 1.29 is 9.53 Å². The molecule has 118 valence electrons. The van der Waals surface area contributed by atoms with Crippen LogP contribution in [0.4, 0.5) is 0 Å². The van der Waals surface area contributed by atoms with E-state index < -0.39 is 0 Å². The second kappa shape index (κ2) is 5.80. The minimum Gasteiger partial charge on any atom is -0.465 e. The Morgan fingerprint density at radius 2 is 1.62 bits per heavy atom. The lowest BCUT2D eigenvalue weighted by atomic mass is 10.1. The molecule has 0 aliphatic carbocycles. The first-order valence-corrected chi connectivity index (χ1v) is 8.36. The summed E-state index contributed by atoms with van der Waals surface area (Å²) in [5, 5.41) is 2.29. The molecule has 1 heterocycles. The van der Waals surface area contributed by atoms with Crippen molar-refractivity contribution in [2.45, 2.75) is 0 Å². The average molecular weight is 380 g/mol. The summed E-state index contributed by atoms with van der Waals surface area (Å²) in [5.41, 5.74) is 3.47. The predicted octanol–water partition coefficient (Wildman–Crippen LogP) is 5.33. The topological polar surface area (TPSA) is 31.2 Å². The number of ether oxygens (including phenoxy) is 1. The van der Waals surface area contributed by atoms with Gasteiger partial charge in [0.25, 0.3) is 0 Å². The number of methoxy groups -OCH3 is 1. The zero-order valence-corrected chi connectivity index (χ0v) is 14.6. The van der Waals surface area contributed by atoms with Crippen molar-refractivity contribution in [3.05, 3.63) is 76.8 Å². The lowest BCUT2D eigenvalue weighted by molar-refractivity contribution is 0.0601. The number of aromatic nitrogens is 1. The quantitative estimate of drug-likeness (QED) is 0.440. The highest BCUT2D eigenvalue weighted by Crippen LogP contribution is 2.34. The van der Waals surface area contributed by atoms with Crippen molar-refractivity contribution >= 4 is 43.7 Å². The van der Waals surface area contributed by atoms with Crippen LogP contribution in [0, 0.1) is 0 Å². The first-order chi connectivity index (χ1) is 11.7. The zero-order valence-electron chi connectivity index (χ0n) is 13.0. The molecule has 0 bridgehead atoms. The van der Waals surface area contributed by atoms with Crippen LogP contribution in [-0.4, -0.2) is 17.6 Å². The van der Waals surface area contributed by atoms with E-state index in [0.29, 0.717) is 5.56 Å². The largest absolute Gasteiger partial charge is 0.465 e. The Morgan fingerprint density at radius 1 is 0.917 bits per heavy atom. The van der Waals surface area contributed by atoms with Crippen LogP contribution in [0.2, 0.25) is 0 Å². The summed E-state index contributed by atoms with van der Waals surface area (Å²) in [7, 11) is 1.40. The van der Waals surface area contributed by atoms with Gasteiger partial charge in [-0.25, -0.2) is 4.79 Å². The van der Waals surface area contributed by atoms with E-state index >= 15 is 0 Å². The Balaban J connectivity index is 2.16. The average Bonchev–Trinajstić information content (AvgIpc) is 2.94. The van der Waals surface area contributed by atoms with Gasteiger partial charge in [-0.3, -0.25) is 0 Å². The maximum absolute atomic E-state index is 12.2. The molecule has 4 rings (SSSR count). The summed E-state index contributed by atoms with van der Waals surface area (Å²) in [6, 6.07) is 21.9. The molecule has 0 amide bonds. The highest BCUT2D eigenvalue weighted by molar-refractivity contribution is 9.10. The highest BCUT2D eigenvalue weighted by Gasteiger charge is 2.17. The van der Waals surface area contributed by atoms with Gasteiger partial charge in [0.05, 0.1) is 29.4 Å². The number of carbonyl (C=O) groups is 1. The van der Waals surface area contributed by atoms with Gasteiger partial charge in [0, 0.05) is 15.2 Å². The third-order valence-corrected chi connectivity index (χ3v) is 4.68. The number of rotatable bonds is 2. The van der Waals surface area contributed by atoms with Crippen LogP contribution < -0.4 is 0 Å². The fourth-order valence-electron chi connectivity index (χ4n) is 3.16. The summed E-state index contributed by atoms with van der Waals surface area (Å²) in [6.45, 7) is 0. The fraction of sp³-hybridized carbons (Fsp3) is 0.0500. The van der Waals surface area contributed by atoms with Crippen LogP contribution in [0.15, 0.2) is 71.2 Å². The molecule has 3 aromatic carbocycles. The van der Waals surface area contributed by atoms with E-state index in [1.54, 1.807) is 6.07 Å². The predicted molar refractivity (Wildman–Crippen MR) is 99.8 cm³/mol. The normalized spacial score (nSPS) is 11.1. The maximum Gasteiger partial charge on any atom is 0.339 e. The Bertz CT molecular complexity index is 1080. The molecule has 0 aliphatic rings. The number of carbonyl (C=O) groups excluding carboxylic acids is 1. The van der Waals surface area contributed by atoms with E-state index in [9.17, 15) is 4.79 Å². The molecule has 1 aromatic heterocycles. The smallest absolute Gasteiger partial charge is 0.339 e. The van der Waals surface area contributed by atoms with E-state index in [1.807, 2.05) is 36.4 Å². The van der Waals surface area contributed by atoms with Crippen molar-refractivity contribution in [3.8, 4) is 5.69 Å². The van der Waals surface area contributed by atoms with Crippen LogP contribution >= 0.6 is 15.9 Å². The van der Waals surface area contributed by atoms with Gasteiger partial charge in [-0.2, -0.15) is 0 Å². The number of hydrogen-bond donors (Lipinski definition) is 0. The molecule has 0 aliphatic heterocycles. The highest BCUT2D eigenvalue weighted by atomic mass is 79.9. The summed E-state index contributed by atoms with van der Waals surface area (Å²) < 4.78 is 8.10. The summed E-state index contributed by atoms with van der Waals surface area (Å²) in [6.07, 6.45) is 0. The Labute approximate surface area is 147 Å². The zero-order chi connectivity index (χ0) is 16.7. The molecule has 4 aromatic rings. The molecule has 24 heavy (non-hydrogen) atoms.